The summed E-state index contributed by atoms with van der Waals surface area (Å²) in [4.78, 5) is 56.6. The molecule has 264 valence electrons. The molecular formula is C32H33F4N9O5. The van der Waals surface area contributed by atoms with Crippen LogP contribution in [0.25, 0.3) is 11.4 Å². The molecule has 1 aromatic carbocycles. The minimum atomic E-state index is -5.00. The maximum Gasteiger partial charge on any atom is 0.419 e. The number of nitrogens with zero attached hydrogens (tertiary/aromatic N) is 8. The van der Waals surface area contributed by atoms with Crippen molar-refractivity contribution < 1.29 is 39.7 Å². The van der Waals surface area contributed by atoms with Crippen LogP contribution < -0.4 is 15.8 Å². The number of halogens is 4. The molecule has 50 heavy (non-hydrogen) atoms. The van der Waals surface area contributed by atoms with Gasteiger partial charge in [-0.15, -0.1) is 5.10 Å². The van der Waals surface area contributed by atoms with E-state index in [1.54, 1.807) is 17.9 Å². The number of hydrogen-bond donors (Lipinski definition) is 2. The van der Waals surface area contributed by atoms with Crippen LogP contribution in [0, 0.1) is 19.7 Å². The summed E-state index contributed by atoms with van der Waals surface area (Å²) in [6, 6.07) is 0.979. The predicted octanol–water partition coefficient (Wildman–Crippen LogP) is 3.13. The van der Waals surface area contributed by atoms with Crippen molar-refractivity contribution in [2.75, 3.05) is 49.6 Å². The van der Waals surface area contributed by atoms with Crippen LogP contribution in [0.3, 0.4) is 0 Å². The van der Waals surface area contributed by atoms with Crippen molar-refractivity contribution in [3.8, 4) is 5.75 Å². The van der Waals surface area contributed by atoms with Crippen molar-refractivity contribution in [3.63, 3.8) is 0 Å². The number of aromatic hydroxyl groups is 1. The Morgan fingerprint density at radius 2 is 1.88 bits per heavy atom. The van der Waals surface area contributed by atoms with Gasteiger partial charge in [0.25, 0.3) is 11.5 Å². The van der Waals surface area contributed by atoms with Gasteiger partial charge in [-0.2, -0.15) is 22.7 Å². The summed E-state index contributed by atoms with van der Waals surface area (Å²) in [7, 11) is 0. The van der Waals surface area contributed by atoms with Crippen LogP contribution in [0.2, 0.25) is 0 Å². The van der Waals surface area contributed by atoms with Crippen LogP contribution in [-0.2, 0) is 28.6 Å². The third-order valence-electron chi connectivity index (χ3n) is 8.49. The maximum absolute atomic E-state index is 14.5. The molecule has 5 heterocycles. The first kappa shape index (κ1) is 31.9. The molecule has 3 aromatic heterocycles. The maximum atomic E-state index is 14.5. The second kappa shape index (κ2) is 13.5. The highest BCUT2D eigenvalue weighted by Gasteiger charge is 2.35. The molecule has 0 spiro atoms. The second-order valence-corrected chi connectivity index (χ2v) is 11.6. The van der Waals surface area contributed by atoms with Gasteiger partial charge in [-0.05, 0) is 50.0 Å². The average molecular weight is 702 g/mol. The van der Waals surface area contributed by atoms with Crippen LogP contribution in [0.1, 0.15) is 54.9 Å². The zero-order valence-corrected chi connectivity index (χ0v) is 27.1. The van der Waals surface area contributed by atoms with Gasteiger partial charge in [0, 0.05) is 31.9 Å². The summed E-state index contributed by atoms with van der Waals surface area (Å²) < 4.78 is 79.8. The van der Waals surface area contributed by atoms with E-state index < -0.39 is 47.1 Å². The Morgan fingerprint density at radius 1 is 1.14 bits per heavy atom. The molecule has 0 saturated carbocycles. The van der Waals surface area contributed by atoms with Crippen molar-refractivity contribution in [2.45, 2.75) is 46.3 Å². The molecule has 4 aromatic rings. The van der Waals surface area contributed by atoms with Gasteiger partial charge >= 0.3 is 6.18 Å². The molecule has 2 aliphatic heterocycles. The molecule has 0 aliphatic carbocycles. The summed E-state index contributed by atoms with van der Waals surface area (Å²) in [5.74, 6) is -4.18. The number of aromatic nitrogens is 6. The van der Waals surface area contributed by atoms with Gasteiger partial charge < -0.3 is 29.5 Å². The number of aryl methyl sites for hydroxylation is 2. The zero-order valence-electron chi connectivity index (χ0n) is 29.1. The van der Waals surface area contributed by atoms with E-state index in [1.807, 2.05) is 0 Å². The summed E-state index contributed by atoms with van der Waals surface area (Å²) in [6.07, 6.45) is -1.74. The lowest BCUT2D eigenvalue weighted by atomic mass is 10.1. The van der Waals surface area contributed by atoms with Crippen molar-refractivity contribution in [1.29, 1.82) is 0 Å². The highest BCUT2D eigenvalue weighted by Crippen LogP contribution is 2.34. The predicted molar refractivity (Wildman–Crippen MR) is 171 cm³/mol. The number of benzene rings is 1. The number of carbonyl (C=O) groups excluding carboxylic acids is 2. The first-order chi connectivity index (χ1) is 24.5. The second-order valence-electron chi connectivity index (χ2n) is 11.6. The number of fused-ring (bicyclic) bond motifs is 1. The molecule has 0 atom stereocenters. The molecular weight excluding hydrogens is 666 g/mol. The van der Waals surface area contributed by atoms with Gasteiger partial charge in [0.05, 0.1) is 32.9 Å². The van der Waals surface area contributed by atoms with Crippen LogP contribution >= 0.6 is 0 Å². The summed E-state index contributed by atoms with van der Waals surface area (Å²) in [6.45, 7) is 2.18. The van der Waals surface area contributed by atoms with Crippen LogP contribution in [0.4, 0.5) is 28.9 Å². The lowest BCUT2D eigenvalue weighted by Gasteiger charge is -2.36. The molecule has 14 nitrogen and oxygen atoms in total. The summed E-state index contributed by atoms with van der Waals surface area (Å²) >= 11 is 0. The number of amides is 2. The number of ether oxygens (including phenoxy) is 1. The number of hydrogen-bond acceptors (Lipinski definition) is 10. The third-order valence-corrected chi connectivity index (χ3v) is 8.49. The van der Waals surface area contributed by atoms with E-state index in [0.29, 0.717) is 30.7 Å². The summed E-state index contributed by atoms with van der Waals surface area (Å²) in [5.41, 5.74) is -2.10. The zero-order chi connectivity index (χ0) is 37.7. The Balaban J connectivity index is 1.42. The quantitative estimate of drug-likeness (QED) is 0.274. The van der Waals surface area contributed by atoms with Crippen molar-refractivity contribution >= 4 is 34.5 Å². The van der Waals surface area contributed by atoms with Crippen molar-refractivity contribution in [1.82, 2.24) is 34.0 Å². The highest BCUT2D eigenvalue weighted by molar-refractivity contribution is 5.95. The smallest absolute Gasteiger partial charge is 0.419 e. The standard InChI is InChI=1S/C32H33F4N9O5/c1-4-23-26(42-7-9-43(10-8-42)29(48)25-27(47)18(3)37-16-38-25)30(49)45-31(40-28(41-45)19-5-11-50-12-6-19)44(23)15-24(46)39-22-14-21(33)20(13-17(22)2)32(34,35)36/h5,13-14,16,47H,4,6-12,15H2,1-3H3,(H,39,46)/i15D2. The van der Waals surface area contributed by atoms with E-state index in [-0.39, 0.29) is 84.9 Å². The van der Waals surface area contributed by atoms with Crippen molar-refractivity contribution in [3.05, 3.63) is 74.7 Å². The fraction of sp³-hybridized carbons (Fsp3) is 0.406. The molecule has 2 N–H and O–H groups in total. The van der Waals surface area contributed by atoms with Gasteiger partial charge in [0.2, 0.25) is 11.7 Å². The molecule has 18 heteroatoms. The fourth-order valence-corrected chi connectivity index (χ4v) is 5.85. The first-order valence-corrected chi connectivity index (χ1v) is 15.6. The number of anilines is 2. The summed E-state index contributed by atoms with van der Waals surface area (Å²) in [5, 5.41) is 17.0. The molecule has 1 saturated heterocycles. The monoisotopic (exact) mass is 701 g/mol. The molecule has 1 fully saturated rings. The van der Waals surface area contributed by atoms with Crippen molar-refractivity contribution in [2.24, 2.45) is 0 Å². The Kier molecular flexibility index (Phi) is 8.59. The SMILES string of the molecule is [2H]C([2H])(C(=O)Nc1cc(F)c(C(F)(F)F)cc1C)n1c(CC)c(N2CCN(C(=O)c3ncnc(C)c3O)CC2)c(=O)n2nc(C3=CCOCC3)nc12. The van der Waals surface area contributed by atoms with Crippen LogP contribution in [0.5, 0.6) is 5.75 Å². The average Bonchev–Trinajstić information content (AvgIpc) is 3.56. The van der Waals surface area contributed by atoms with E-state index in [1.165, 1.54) is 18.7 Å². The molecule has 0 bridgehead atoms. The Bertz CT molecular complexity index is 2180. The molecule has 2 amide bonds. The molecule has 0 unspecified atom stereocenters. The fourth-order valence-electron chi connectivity index (χ4n) is 5.85. The Labute approximate surface area is 284 Å². The van der Waals surface area contributed by atoms with Crippen LogP contribution in [-0.4, -0.2) is 90.3 Å². The van der Waals surface area contributed by atoms with E-state index in [4.69, 9.17) is 7.48 Å². The number of rotatable bonds is 7. The number of carbonyl (C=O) groups is 2. The van der Waals surface area contributed by atoms with Gasteiger partial charge in [-0.25, -0.2) is 14.4 Å². The topological polar surface area (TPSA) is 160 Å². The lowest BCUT2D eigenvalue weighted by Crippen LogP contribution is -2.51. The lowest BCUT2D eigenvalue weighted by molar-refractivity contribution is -0.140. The normalized spacial score (nSPS) is 16.3. The van der Waals surface area contributed by atoms with E-state index >= 15 is 0 Å². The Hall–Kier alpha value is -5.39. The minimum absolute atomic E-state index is 0.00619. The molecule has 0 radical (unpaired) electrons. The molecule has 6 rings (SSSR count). The van der Waals surface area contributed by atoms with Gasteiger partial charge in [-0.1, -0.05) is 13.0 Å². The third kappa shape index (κ3) is 6.49. The first-order valence-electron chi connectivity index (χ1n) is 16.6. The number of nitrogens with one attached hydrogen (secondary N) is 1. The van der Waals surface area contributed by atoms with Gasteiger partial charge in [-0.3, -0.25) is 14.4 Å². The van der Waals surface area contributed by atoms with E-state index in [9.17, 15) is 37.1 Å². The van der Waals surface area contributed by atoms with Gasteiger partial charge in [0.15, 0.2) is 17.3 Å². The Morgan fingerprint density at radius 3 is 2.54 bits per heavy atom. The van der Waals surface area contributed by atoms with E-state index in [0.717, 1.165) is 15.4 Å². The van der Waals surface area contributed by atoms with E-state index in [2.05, 4.69) is 25.4 Å². The number of alkyl halides is 3. The largest absolute Gasteiger partial charge is 0.504 e. The minimum Gasteiger partial charge on any atom is -0.504 e. The highest BCUT2D eigenvalue weighted by atomic mass is 19.4. The molecule has 2 aliphatic rings. The number of piperazine rings is 1. The van der Waals surface area contributed by atoms with Gasteiger partial charge in [0.1, 0.15) is 24.3 Å². The van der Waals surface area contributed by atoms with Crippen LogP contribution in [0.15, 0.2) is 29.3 Å².